The molecule has 0 fully saturated rings. The molecule has 0 aromatic rings. The van der Waals surface area contributed by atoms with E-state index < -0.39 is 23.9 Å². The minimum Gasteiger partial charge on any atom is -0.346 e. The molecule has 0 aliphatic rings. The van der Waals surface area contributed by atoms with Gasteiger partial charge in [-0.15, -0.1) is 0 Å². The van der Waals surface area contributed by atoms with Crippen LogP contribution in [0, 0.1) is 23.7 Å². The molecule has 0 bridgehead atoms. The molecule has 0 heterocycles. The molecule has 0 radical (unpaired) electrons. The summed E-state index contributed by atoms with van der Waals surface area (Å²) in [5.74, 6) is -1.18. The van der Waals surface area contributed by atoms with Crippen LogP contribution in [0.3, 0.4) is 0 Å². The van der Waals surface area contributed by atoms with Gasteiger partial charge in [0.25, 0.3) is 0 Å². The minimum atomic E-state index is -0.928. The Labute approximate surface area is 170 Å². The number of Topliss-reactive ketones (excluding diaryl/α,β-unsaturated/α-hetero) is 1. The monoisotopic (exact) mass is 396 g/mol. The quantitative estimate of drug-likeness (QED) is 0.348. The minimum absolute atomic E-state index is 0.126. The zero-order valence-electron chi connectivity index (χ0n) is 18.7. The first kappa shape index (κ1) is 26.3. The van der Waals surface area contributed by atoms with Gasteiger partial charge in [0.05, 0.1) is 18.0 Å². The average molecular weight is 397 g/mol. The third-order valence-electron chi connectivity index (χ3n) is 5.12. The molecular formula is C22H40N2O4. The number of carbonyl (C=O) groups excluding carboxylic acids is 4. The Balaban J connectivity index is 4.83. The van der Waals surface area contributed by atoms with Crippen molar-refractivity contribution in [3.8, 4) is 0 Å². The Morgan fingerprint density at radius 3 is 2.04 bits per heavy atom. The molecule has 2 N–H and O–H groups in total. The van der Waals surface area contributed by atoms with Crippen LogP contribution in [-0.2, 0) is 19.2 Å². The molecule has 4 unspecified atom stereocenters. The summed E-state index contributed by atoms with van der Waals surface area (Å²) in [4.78, 5) is 48.7. The molecule has 0 aliphatic heterocycles. The topological polar surface area (TPSA) is 92.3 Å². The first-order valence-electron chi connectivity index (χ1n) is 10.6. The SMILES string of the molecule is CCC(C)CCCC(=O)NC(C(=O)C(C)C(=O)NC(C=O)CC(C)C)C(C)C. The molecule has 6 heteroatoms. The van der Waals surface area contributed by atoms with Crippen molar-refractivity contribution in [2.75, 3.05) is 0 Å². The maximum Gasteiger partial charge on any atom is 0.230 e. The van der Waals surface area contributed by atoms with Crippen molar-refractivity contribution in [1.29, 1.82) is 0 Å². The molecule has 162 valence electrons. The van der Waals surface area contributed by atoms with Gasteiger partial charge in [0.1, 0.15) is 6.29 Å². The van der Waals surface area contributed by atoms with Gasteiger partial charge in [-0.05, 0) is 37.5 Å². The first-order valence-corrected chi connectivity index (χ1v) is 10.6. The highest BCUT2D eigenvalue weighted by molar-refractivity contribution is 6.05. The number of ketones is 1. The van der Waals surface area contributed by atoms with Gasteiger partial charge in [-0.1, -0.05) is 54.4 Å². The van der Waals surface area contributed by atoms with Gasteiger partial charge >= 0.3 is 0 Å². The Bertz CT molecular complexity index is 517. The normalized spacial score (nSPS) is 15.6. The van der Waals surface area contributed by atoms with Crippen molar-refractivity contribution >= 4 is 23.9 Å². The highest BCUT2D eigenvalue weighted by atomic mass is 16.2. The van der Waals surface area contributed by atoms with Gasteiger partial charge in [-0.25, -0.2) is 0 Å². The third kappa shape index (κ3) is 10.00. The number of nitrogens with one attached hydrogen (secondary N) is 2. The van der Waals surface area contributed by atoms with Crippen LogP contribution >= 0.6 is 0 Å². The molecule has 2 amide bonds. The molecule has 0 spiro atoms. The predicted molar refractivity (Wildman–Crippen MR) is 112 cm³/mol. The van der Waals surface area contributed by atoms with E-state index in [2.05, 4.69) is 24.5 Å². The second-order valence-electron chi connectivity index (χ2n) is 8.70. The van der Waals surface area contributed by atoms with Crippen molar-refractivity contribution in [3.05, 3.63) is 0 Å². The van der Waals surface area contributed by atoms with Crippen molar-refractivity contribution in [3.63, 3.8) is 0 Å². The van der Waals surface area contributed by atoms with Crippen LogP contribution in [-0.4, -0.2) is 36.0 Å². The molecule has 0 saturated carbocycles. The molecular weight excluding hydrogens is 356 g/mol. The van der Waals surface area contributed by atoms with Crippen LogP contribution in [0.25, 0.3) is 0 Å². The van der Waals surface area contributed by atoms with Crippen LogP contribution in [0.5, 0.6) is 0 Å². The zero-order valence-corrected chi connectivity index (χ0v) is 18.7. The van der Waals surface area contributed by atoms with Gasteiger partial charge in [-0.3, -0.25) is 14.4 Å². The van der Waals surface area contributed by atoms with E-state index in [-0.39, 0.29) is 23.5 Å². The largest absolute Gasteiger partial charge is 0.346 e. The Morgan fingerprint density at radius 2 is 1.57 bits per heavy atom. The van der Waals surface area contributed by atoms with Gasteiger partial charge in [0.15, 0.2) is 5.78 Å². The summed E-state index contributed by atoms with van der Waals surface area (Å²) in [6, 6.07) is -1.31. The fourth-order valence-electron chi connectivity index (χ4n) is 2.99. The summed E-state index contributed by atoms with van der Waals surface area (Å²) in [5, 5.41) is 5.44. The van der Waals surface area contributed by atoms with E-state index in [4.69, 9.17) is 0 Å². The van der Waals surface area contributed by atoms with Crippen LogP contribution in [0.2, 0.25) is 0 Å². The first-order chi connectivity index (χ1) is 13.0. The average Bonchev–Trinajstić information content (AvgIpc) is 2.63. The number of rotatable bonds is 14. The Kier molecular flexibility index (Phi) is 12.6. The van der Waals surface area contributed by atoms with Crippen LogP contribution in [0.15, 0.2) is 0 Å². The molecule has 4 atom stereocenters. The van der Waals surface area contributed by atoms with E-state index >= 15 is 0 Å². The van der Waals surface area contributed by atoms with Crippen molar-refractivity contribution in [2.24, 2.45) is 23.7 Å². The van der Waals surface area contributed by atoms with E-state index in [0.29, 0.717) is 25.0 Å². The third-order valence-corrected chi connectivity index (χ3v) is 5.12. The van der Waals surface area contributed by atoms with Crippen molar-refractivity contribution < 1.29 is 19.2 Å². The van der Waals surface area contributed by atoms with E-state index in [1.807, 2.05) is 27.7 Å². The van der Waals surface area contributed by atoms with Gasteiger partial charge in [-0.2, -0.15) is 0 Å². The summed E-state index contributed by atoms with van der Waals surface area (Å²) < 4.78 is 0. The molecule has 28 heavy (non-hydrogen) atoms. The maximum absolute atomic E-state index is 12.8. The lowest BCUT2D eigenvalue weighted by molar-refractivity contribution is -0.138. The summed E-state index contributed by atoms with van der Waals surface area (Å²) in [5.41, 5.74) is 0. The standard InChI is InChI=1S/C22H40N2O4/c1-8-16(6)10-9-11-19(26)24-20(15(4)5)21(27)17(7)22(28)23-18(13-25)12-14(2)3/h13-18,20H,8-12H2,1-7H3,(H,23,28)(H,24,26). The Hall–Kier alpha value is -1.72. The summed E-state index contributed by atoms with van der Waals surface area (Å²) in [6.07, 6.45) is 4.45. The number of amides is 2. The number of hydrogen-bond donors (Lipinski definition) is 2. The number of hydrogen-bond acceptors (Lipinski definition) is 4. The number of carbonyl (C=O) groups is 4. The van der Waals surface area contributed by atoms with E-state index in [0.717, 1.165) is 19.3 Å². The van der Waals surface area contributed by atoms with E-state index in [9.17, 15) is 19.2 Å². The second-order valence-corrected chi connectivity index (χ2v) is 8.70. The summed E-state index contributed by atoms with van der Waals surface area (Å²) in [7, 11) is 0. The number of aldehydes is 1. The smallest absolute Gasteiger partial charge is 0.230 e. The summed E-state index contributed by atoms with van der Waals surface area (Å²) in [6.45, 7) is 13.4. The molecule has 6 nitrogen and oxygen atoms in total. The van der Waals surface area contributed by atoms with Crippen molar-refractivity contribution in [1.82, 2.24) is 10.6 Å². The fourth-order valence-corrected chi connectivity index (χ4v) is 2.99. The van der Waals surface area contributed by atoms with Crippen LogP contribution in [0.1, 0.15) is 80.6 Å². The predicted octanol–water partition coefficient (Wildman–Crippen LogP) is 3.28. The highest BCUT2D eigenvalue weighted by Crippen LogP contribution is 2.14. The molecule has 0 rings (SSSR count). The fraction of sp³-hybridized carbons (Fsp3) is 0.818. The van der Waals surface area contributed by atoms with Crippen LogP contribution < -0.4 is 10.6 Å². The van der Waals surface area contributed by atoms with Gasteiger partial charge in [0.2, 0.25) is 11.8 Å². The molecule has 0 saturated heterocycles. The Morgan fingerprint density at radius 1 is 0.964 bits per heavy atom. The van der Waals surface area contributed by atoms with Gasteiger partial charge < -0.3 is 15.4 Å². The van der Waals surface area contributed by atoms with E-state index in [1.54, 1.807) is 0 Å². The molecule has 0 aliphatic carbocycles. The lowest BCUT2D eigenvalue weighted by atomic mass is 9.90. The lowest BCUT2D eigenvalue weighted by Gasteiger charge is -2.25. The molecule has 0 aromatic heterocycles. The van der Waals surface area contributed by atoms with Crippen LogP contribution in [0.4, 0.5) is 0 Å². The lowest BCUT2D eigenvalue weighted by Crippen LogP contribution is -2.50. The zero-order chi connectivity index (χ0) is 21.9. The maximum atomic E-state index is 12.8. The second kappa shape index (κ2) is 13.5. The highest BCUT2D eigenvalue weighted by Gasteiger charge is 2.32. The van der Waals surface area contributed by atoms with Gasteiger partial charge in [0, 0.05) is 6.42 Å². The van der Waals surface area contributed by atoms with Crippen molar-refractivity contribution in [2.45, 2.75) is 92.7 Å². The molecule has 0 aromatic carbocycles. The summed E-state index contributed by atoms with van der Waals surface area (Å²) >= 11 is 0. The van der Waals surface area contributed by atoms with E-state index in [1.165, 1.54) is 6.92 Å².